The van der Waals surface area contributed by atoms with Gasteiger partial charge in [0.05, 0.1) is 10.7 Å². The highest BCUT2D eigenvalue weighted by molar-refractivity contribution is 6.34. The second kappa shape index (κ2) is 7.88. The van der Waals surface area contributed by atoms with Gasteiger partial charge in [0.15, 0.2) is 5.96 Å². The normalized spacial score (nSPS) is 10.3. The fraction of sp³-hybridized carbons (Fsp3) is 0.467. The Labute approximate surface area is 131 Å². The van der Waals surface area contributed by atoms with Gasteiger partial charge < -0.3 is 5.73 Å². The summed E-state index contributed by atoms with van der Waals surface area (Å²) in [6.45, 7) is 4.63. The van der Waals surface area contributed by atoms with Gasteiger partial charge in [-0.15, -0.1) is 0 Å². The lowest BCUT2D eigenvalue weighted by Gasteiger charge is -2.29. The summed E-state index contributed by atoms with van der Waals surface area (Å²) in [6, 6.07) is 5.28. The third kappa shape index (κ3) is 4.11. The van der Waals surface area contributed by atoms with Gasteiger partial charge in [0, 0.05) is 13.6 Å². The number of carbonyl (C=O) groups excluding carboxylic acids is 1. The highest BCUT2D eigenvalue weighted by atomic mass is 35.5. The number of para-hydroxylation sites is 1. The van der Waals surface area contributed by atoms with Gasteiger partial charge in [-0.3, -0.25) is 15.2 Å². The van der Waals surface area contributed by atoms with Crippen LogP contribution in [-0.4, -0.2) is 30.5 Å². The lowest BCUT2D eigenvalue weighted by molar-refractivity contribution is 0.232. The lowest BCUT2D eigenvalue weighted by Crippen LogP contribution is -2.47. The summed E-state index contributed by atoms with van der Waals surface area (Å²) in [5.41, 5.74) is 7.14. The van der Waals surface area contributed by atoms with Crippen molar-refractivity contribution in [1.82, 2.24) is 4.90 Å². The topological polar surface area (TPSA) is 73.4 Å². The fourth-order valence-corrected chi connectivity index (χ4v) is 2.35. The number of hydrogen-bond acceptors (Lipinski definition) is 2. The number of nitrogens with one attached hydrogen (secondary N) is 1. The Morgan fingerprint density at radius 2 is 2.05 bits per heavy atom. The highest BCUT2D eigenvalue weighted by Crippen LogP contribution is 2.31. The Bertz CT molecular complexity index is 518. The van der Waals surface area contributed by atoms with E-state index in [-0.39, 0.29) is 12.0 Å². The molecule has 0 aliphatic heterocycles. The van der Waals surface area contributed by atoms with E-state index in [9.17, 15) is 4.79 Å². The largest absolute Gasteiger partial charge is 0.370 e. The van der Waals surface area contributed by atoms with Crippen LogP contribution < -0.4 is 10.6 Å². The molecule has 1 aromatic rings. The molecule has 0 aromatic heterocycles. The minimum absolute atomic E-state index is 0.286. The van der Waals surface area contributed by atoms with E-state index in [0.29, 0.717) is 17.3 Å². The predicted molar refractivity (Wildman–Crippen MR) is 88.2 cm³/mol. The van der Waals surface area contributed by atoms with Crippen LogP contribution in [0.1, 0.15) is 32.3 Å². The molecule has 0 spiro atoms. The maximum Gasteiger partial charge on any atom is 0.331 e. The molecule has 6 heteroatoms. The van der Waals surface area contributed by atoms with Crippen molar-refractivity contribution >= 4 is 29.3 Å². The number of nitrogens with zero attached hydrogens (tertiary/aromatic N) is 2. The molecule has 0 heterocycles. The quantitative estimate of drug-likeness (QED) is 0.645. The molecule has 0 atom stereocenters. The first-order chi connectivity index (χ1) is 9.93. The van der Waals surface area contributed by atoms with Crippen molar-refractivity contribution in [1.29, 1.82) is 5.41 Å². The van der Waals surface area contributed by atoms with Gasteiger partial charge in [-0.1, -0.05) is 44.0 Å². The average molecular weight is 311 g/mol. The number of amides is 2. The molecule has 1 rings (SSSR count). The van der Waals surface area contributed by atoms with E-state index in [0.717, 1.165) is 29.7 Å². The van der Waals surface area contributed by atoms with Crippen LogP contribution in [0.25, 0.3) is 0 Å². The fourth-order valence-electron chi connectivity index (χ4n) is 2.05. The van der Waals surface area contributed by atoms with Crippen molar-refractivity contribution in [3.8, 4) is 0 Å². The van der Waals surface area contributed by atoms with E-state index in [1.807, 2.05) is 19.1 Å². The molecule has 5 nitrogen and oxygen atoms in total. The minimum atomic E-state index is -0.334. The van der Waals surface area contributed by atoms with Crippen LogP contribution in [0, 0.1) is 5.41 Å². The molecule has 0 aliphatic carbocycles. The van der Waals surface area contributed by atoms with Crippen molar-refractivity contribution in [2.45, 2.75) is 33.1 Å². The SMILES string of the molecule is CCCCN(C(=O)N(C)C(=N)N)c1c(Cl)cccc1CC. The summed E-state index contributed by atoms with van der Waals surface area (Å²) >= 11 is 6.31. The van der Waals surface area contributed by atoms with E-state index in [1.54, 1.807) is 11.0 Å². The molecule has 0 bridgehead atoms. The summed E-state index contributed by atoms with van der Waals surface area (Å²) in [7, 11) is 1.49. The minimum Gasteiger partial charge on any atom is -0.370 e. The molecule has 1 aromatic carbocycles. The maximum atomic E-state index is 12.6. The average Bonchev–Trinajstić information content (AvgIpc) is 2.47. The van der Waals surface area contributed by atoms with Crippen LogP contribution in [0.15, 0.2) is 18.2 Å². The van der Waals surface area contributed by atoms with Crippen molar-refractivity contribution in [2.75, 3.05) is 18.5 Å². The first-order valence-electron chi connectivity index (χ1n) is 7.10. The standard InChI is InChI=1S/C15H23ClN4O/c1-4-6-10-20(15(21)19(3)14(17)18)13-11(5-2)8-7-9-12(13)16/h7-9H,4-6,10H2,1-3H3,(H3,17,18). The third-order valence-electron chi connectivity index (χ3n) is 3.34. The Hall–Kier alpha value is -1.75. The van der Waals surface area contributed by atoms with Crippen molar-refractivity contribution < 1.29 is 4.79 Å². The number of benzene rings is 1. The van der Waals surface area contributed by atoms with Crippen molar-refractivity contribution in [3.63, 3.8) is 0 Å². The lowest BCUT2D eigenvalue weighted by atomic mass is 10.1. The summed E-state index contributed by atoms with van der Waals surface area (Å²) in [5.74, 6) is -0.286. The maximum absolute atomic E-state index is 12.6. The van der Waals surface area contributed by atoms with Gasteiger partial charge in [-0.25, -0.2) is 4.79 Å². The Kier molecular flexibility index (Phi) is 6.49. The number of rotatable bonds is 5. The summed E-state index contributed by atoms with van der Waals surface area (Å²) in [4.78, 5) is 15.3. The van der Waals surface area contributed by atoms with Gasteiger partial charge >= 0.3 is 6.03 Å². The third-order valence-corrected chi connectivity index (χ3v) is 3.64. The second-order valence-corrected chi connectivity index (χ2v) is 5.24. The summed E-state index contributed by atoms with van der Waals surface area (Å²) in [5, 5.41) is 7.98. The zero-order valence-electron chi connectivity index (χ0n) is 12.8. The molecular formula is C15H23ClN4O. The molecule has 0 fully saturated rings. The van der Waals surface area contributed by atoms with E-state index in [2.05, 4.69) is 6.92 Å². The van der Waals surface area contributed by atoms with Gasteiger partial charge in [0.25, 0.3) is 0 Å². The van der Waals surface area contributed by atoms with Gasteiger partial charge in [0.1, 0.15) is 0 Å². The van der Waals surface area contributed by atoms with Gasteiger partial charge in [0.2, 0.25) is 0 Å². The van der Waals surface area contributed by atoms with Gasteiger partial charge in [-0.05, 0) is 24.5 Å². The number of anilines is 1. The number of unbranched alkanes of at least 4 members (excludes halogenated alkanes) is 1. The molecule has 0 aliphatic rings. The van der Waals surface area contributed by atoms with Crippen LogP contribution in [0.5, 0.6) is 0 Å². The number of guanidine groups is 1. The molecule has 116 valence electrons. The summed E-state index contributed by atoms with van der Waals surface area (Å²) in [6.07, 6.45) is 2.58. The molecule has 0 unspecified atom stereocenters. The van der Waals surface area contributed by atoms with Crippen molar-refractivity contribution in [3.05, 3.63) is 28.8 Å². The zero-order chi connectivity index (χ0) is 16.0. The Morgan fingerprint density at radius 1 is 1.38 bits per heavy atom. The van der Waals surface area contributed by atoms with Crippen LogP contribution >= 0.6 is 11.6 Å². The number of nitrogens with two attached hydrogens (primary N) is 1. The molecule has 0 saturated carbocycles. The number of carbonyl (C=O) groups is 1. The number of urea groups is 1. The van der Waals surface area contributed by atoms with E-state index in [4.69, 9.17) is 22.7 Å². The first kappa shape index (κ1) is 17.3. The van der Waals surface area contributed by atoms with E-state index in [1.165, 1.54) is 7.05 Å². The van der Waals surface area contributed by atoms with E-state index < -0.39 is 0 Å². The molecule has 2 amide bonds. The highest BCUT2D eigenvalue weighted by Gasteiger charge is 2.24. The van der Waals surface area contributed by atoms with Gasteiger partial charge in [-0.2, -0.15) is 0 Å². The van der Waals surface area contributed by atoms with Crippen molar-refractivity contribution in [2.24, 2.45) is 5.73 Å². The first-order valence-corrected chi connectivity index (χ1v) is 7.48. The Balaban J connectivity index is 3.25. The van der Waals surface area contributed by atoms with E-state index >= 15 is 0 Å². The molecule has 21 heavy (non-hydrogen) atoms. The number of aryl methyl sites for hydroxylation is 1. The molecular weight excluding hydrogens is 288 g/mol. The van der Waals surface area contributed by atoms with Crippen LogP contribution in [0.3, 0.4) is 0 Å². The molecule has 0 saturated heterocycles. The smallest absolute Gasteiger partial charge is 0.331 e. The summed E-state index contributed by atoms with van der Waals surface area (Å²) < 4.78 is 0. The monoisotopic (exact) mass is 310 g/mol. The zero-order valence-corrected chi connectivity index (χ0v) is 13.6. The molecule has 3 N–H and O–H groups in total. The predicted octanol–water partition coefficient (Wildman–Crippen LogP) is 3.45. The number of halogens is 1. The van der Waals surface area contributed by atoms with Crippen LogP contribution in [0.2, 0.25) is 5.02 Å². The second-order valence-electron chi connectivity index (χ2n) is 4.83. The number of hydrogen-bond donors (Lipinski definition) is 2. The Morgan fingerprint density at radius 3 is 2.57 bits per heavy atom. The van der Waals surface area contributed by atoms with Crippen LogP contribution in [-0.2, 0) is 6.42 Å². The van der Waals surface area contributed by atoms with Crippen LogP contribution in [0.4, 0.5) is 10.5 Å². The molecule has 0 radical (unpaired) electrons.